The van der Waals surface area contributed by atoms with Crippen LogP contribution < -0.4 is 5.32 Å². The quantitative estimate of drug-likeness (QED) is 0.827. The lowest BCUT2D eigenvalue weighted by Gasteiger charge is -2.21. The highest BCUT2D eigenvalue weighted by molar-refractivity contribution is 5.93. The summed E-state index contributed by atoms with van der Waals surface area (Å²) >= 11 is 0. The molecular formula is C15H19NO. The number of benzene rings is 1. The minimum atomic E-state index is 0.242. The molecule has 2 bridgehead atoms. The molecule has 3 atom stereocenters. The monoisotopic (exact) mass is 229 g/mol. The van der Waals surface area contributed by atoms with Crippen LogP contribution in [-0.4, -0.2) is 5.91 Å². The number of carbonyl (C=O) groups is 1. The van der Waals surface area contributed by atoms with E-state index >= 15 is 0 Å². The van der Waals surface area contributed by atoms with Gasteiger partial charge in [-0.1, -0.05) is 24.6 Å². The molecule has 0 aliphatic heterocycles. The second-order valence-electron chi connectivity index (χ2n) is 5.59. The molecule has 3 rings (SSSR count). The van der Waals surface area contributed by atoms with Gasteiger partial charge < -0.3 is 5.32 Å². The number of hydrogen-bond acceptors (Lipinski definition) is 1. The Hall–Kier alpha value is -1.31. The number of fused-ring (bicyclic) bond motifs is 2. The van der Waals surface area contributed by atoms with Crippen LogP contribution in [0.4, 0.5) is 5.69 Å². The van der Waals surface area contributed by atoms with E-state index in [1.54, 1.807) is 0 Å². The fourth-order valence-electron chi connectivity index (χ4n) is 3.50. The first-order valence-electron chi connectivity index (χ1n) is 6.60. The maximum Gasteiger partial charge on any atom is 0.227 e. The molecule has 2 fully saturated rings. The first-order chi connectivity index (χ1) is 8.24. The summed E-state index contributed by atoms with van der Waals surface area (Å²) in [4.78, 5) is 12.2. The molecule has 0 radical (unpaired) electrons. The van der Waals surface area contributed by atoms with E-state index in [2.05, 4.69) is 5.32 Å². The minimum absolute atomic E-state index is 0.242. The molecule has 90 valence electrons. The van der Waals surface area contributed by atoms with Crippen molar-refractivity contribution in [2.75, 3.05) is 5.32 Å². The van der Waals surface area contributed by atoms with Crippen LogP contribution in [0.25, 0.3) is 0 Å². The fraction of sp³-hybridized carbons (Fsp3) is 0.533. The number of para-hydroxylation sites is 1. The second-order valence-corrected chi connectivity index (χ2v) is 5.59. The molecule has 2 heteroatoms. The van der Waals surface area contributed by atoms with Gasteiger partial charge in [0.15, 0.2) is 0 Å². The van der Waals surface area contributed by atoms with Gasteiger partial charge >= 0.3 is 0 Å². The maximum atomic E-state index is 12.2. The second kappa shape index (κ2) is 4.17. The third-order valence-electron chi connectivity index (χ3n) is 4.48. The van der Waals surface area contributed by atoms with Gasteiger partial charge in [0.25, 0.3) is 0 Å². The zero-order chi connectivity index (χ0) is 11.8. The largest absolute Gasteiger partial charge is 0.326 e. The number of anilines is 1. The summed E-state index contributed by atoms with van der Waals surface area (Å²) < 4.78 is 0. The van der Waals surface area contributed by atoms with Crippen LogP contribution in [0, 0.1) is 24.7 Å². The molecule has 2 aliphatic rings. The van der Waals surface area contributed by atoms with Gasteiger partial charge in [-0.2, -0.15) is 0 Å². The predicted octanol–water partition coefficient (Wildman–Crippen LogP) is 3.37. The van der Waals surface area contributed by atoms with Crippen LogP contribution in [0.1, 0.15) is 31.2 Å². The van der Waals surface area contributed by atoms with Gasteiger partial charge in [-0.15, -0.1) is 0 Å². The first kappa shape index (κ1) is 10.8. The molecule has 2 saturated carbocycles. The van der Waals surface area contributed by atoms with Crippen LogP contribution in [0.2, 0.25) is 0 Å². The molecule has 0 heterocycles. The van der Waals surface area contributed by atoms with E-state index in [1.807, 2.05) is 31.2 Å². The fourth-order valence-corrected chi connectivity index (χ4v) is 3.50. The molecule has 0 aromatic heterocycles. The average Bonchev–Trinajstić information content (AvgIpc) is 2.94. The summed E-state index contributed by atoms with van der Waals surface area (Å²) in [6, 6.07) is 8.00. The maximum absolute atomic E-state index is 12.2. The molecule has 17 heavy (non-hydrogen) atoms. The summed E-state index contributed by atoms with van der Waals surface area (Å²) in [5, 5.41) is 3.10. The van der Waals surface area contributed by atoms with Crippen molar-refractivity contribution in [1.82, 2.24) is 0 Å². The summed E-state index contributed by atoms with van der Waals surface area (Å²) in [6.45, 7) is 2.04. The molecule has 2 nitrogen and oxygen atoms in total. The third kappa shape index (κ3) is 1.97. The van der Waals surface area contributed by atoms with Gasteiger partial charge in [0.05, 0.1) is 0 Å². The normalized spacial score (nSPS) is 30.5. The van der Waals surface area contributed by atoms with Gasteiger partial charge in [-0.3, -0.25) is 4.79 Å². The Morgan fingerprint density at radius 1 is 1.24 bits per heavy atom. The summed E-state index contributed by atoms with van der Waals surface area (Å²) in [5.41, 5.74) is 2.12. The Morgan fingerprint density at radius 3 is 2.71 bits per heavy atom. The SMILES string of the molecule is Cc1ccccc1NC(=O)[C@@H]1C[C@H]2CC[C@@H]1C2. The van der Waals surface area contributed by atoms with Crippen molar-refractivity contribution < 1.29 is 4.79 Å². The van der Waals surface area contributed by atoms with Crippen molar-refractivity contribution in [1.29, 1.82) is 0 Å². The number of amides is 1. The lowest BCUT2D eigenvalue weighted by Crippen LogP contribution is -2.27. The van der Waals surface area contributed by atoms with Gasteiger partial charge in [0, 0.05) is 11.6 Å². The summed E-state index contributed by atoms with van der Waals surface area (Å²) in [7, 11) is 0. The van der Waals surface area contributed by atoms with Crippen LogP contribution in [0.15, 0.2) is 24.3 Å². The highest BCUT2D eigenvalue weighted by atomic mass is 16.1. The number of rotatable bonds is 2. The van der Waals surface area contributed by atoms with Crippen LogP contribution >= 0.6 is 0 Å². The van der Waals surface area contributed by atoms with Gasteiger partial charge in [0.1, 0.15) is 0 Å². The standard InChI is InChI=1S/C15H19NO/c1-10-4-2-3-5-14(10)16-15(17)13-9-11-6-7-12(13)8-11/h2-5,11-13H,6-9H2,1H3,(H,16,17)/t11-,12+,13+/m0/s1. The highest BCUT2D eigenvalue weighted by Crippen LogP contribution is 2.48. The number of hydrogen-bond donors (Lipinski definition) is 1. The number of aryl methyl sites for hydroxylation is 1. The Balaban J connectivity index is 1.70. The van der Waals surface area contributed by atoms with Crippen molar-refractivity contribution in [3.05, 3.63) is 29.8 Å². The van der Waals surface area contributed by atoms with Gasteiger partial charge in [-0.05, 0) is 49.7 Å². The van der Waals surface area contributed by atoms with E-state index < -0.39 is 0 Å². The zero-order valence-electron chi connectivity index (χ0n) is 10.3. The molecule has 2 aliphatic carbocycles. The molecule has 0 spiro atoms. The Kier molecular flexibility index (Phi) is 2.65. The molecule has 1 amide bonds. The van der Waals surface area contributed by atoms with E-state index in [4.69, 9.17) is 0 Å². The van der Waals surface area contributed by atoms with Crippen molar-refractivity contribution >= 4 is 11.6 Å². The Morgan fingerprint density at radius 2 is 2.06 bits per heavy atom. The average molecular weight is 229 g/mol. The molecule has 1 aromatic carbocycles. The predicted molar refractivity (Wildman–Crippen MR) is 68.7 cm³/mol. The topological polar surface area (TPSA) is 29.1 Å². The molecule has 0 saturated heterocycles. The van der Waals surface area contributed by atoms with Crippen LogP contribution in [-0.2, 0) is 4.79 Å². The van der Waals surface area contributed by atoms with Crippen LogP contribution in [0.3, 0.4) is 0 Å². The lowest BCUT2D eigenvalue weighted by atomic mass is 9.88. The van der Waals surface area contributed by atoms with Crippen molar-refractivity contribution in [3.8, 4) is 0 Å². The minimum Gasteiger partial charge on any atom is -0.326 e. The Bertz CT molecular complexity index is 440. The van der Waals surface area contributed by atoms with Gasteiger partial charge in [-0.25, -0.2) is 0 Å². The van der Waals surface area contributed by atoms with Crippen molar-refractivity contribution in [2.45, 2.75) is 32.6 Å². The third-order valence-corrected chi connectivity index (χ3v) is 4.48. The van der Waals surface area contributed by atoms with E-state index in [1.165, 1.54) is 19.3 Å². The zero-order valence-corrected chi connectivity index (χ0v) is 10.3. The Labute approximate surface area is 102 Å². The van der Waals surface area contributed by atoms with Gasteiger partial charge in [0.2, 0.25) is 5.91 Å². The smallest absolute Gasteiger partial charge is 0.227 e. The van der Waals surface area contributed by atoms with E-state index in [0.29, 0.717) is 5.92 Å². The van der Waals surface area contributed by atoms with Crippen molar-refractivity contribution in [2.24, 2.45) is 17.8 Å². The molecule has 0 unspecified atom stereocenters. The van der Waals surface area contributed by atoms with E-state index in [0.717, 1.165) is 23.6 Å². The summed E-state index contributed by atoms with van der Waals surface area (Å²) in [5.74, 6) is 2.00. The van der Waals surface area contributed by atoms with E-state index in [-0.39, 0.29) is 11.8 Å². The lowest BCUT2D eigenvalue weighted by molar-refractivity contribution is -0.121. The highest BCUT2D eigenvalue weighted by Gasteiger charge is 2.42. The summed E-state index contributed by atoms with van der Waals surface area (Å²) in [6.07, 6.45) is 5.00. The molecular weight excluding hydrogens is 210 g/mol. The van der Waals surface area contributed by atoms with Crippen molar-refractivity contribution in [3.63, 3.8) is 0 Å². The number of nitrogens with one attached hydrogen (secondary N) is 1. The number of carbonyl (C=O) groups excluding carboxylic acids is 1. The van der Waals surface area contributed by atoms with Crippen LogP contribution in [0.5, 0.6) is 0 Å². The van der Waals surface area contributed by atoms with E-state index in [9.17, 15) is 4.79 Å². The first-order valence-corrected chi connectivity index (χ1v) is 6.60. The molecule has 1 N–H and O–H groups in total. The molecule has 1 aromatic rings.